The van der Waals surface area contributed by atoms with Crippen molar-refractivity contribution in [3.63, 3.8) is 0 Å². The first-order valence-corrected chi connectivity index (χ1v) is 10.1. The van der Waals surface area contributed by atoms with Gasteiger partial charge in [-0.05, 0) is 55.5 Å². The number of allylic oxidation sites excluding steroid dienone is 6. The number of hydrogen-bond acceptors (Lipinski definition) is 3. The SMILES string of the molecule is CC\C=C/C=C\C(=C(/C)CC)c1ccc(OCCOCCOCCF)cc1C. The zero-order valence-corrected chi connectivity index (χ0v) is 17.8. The lowest BCUT2D eigenvalue weighted by Crippen LogP contribution is -2.11. The largest absolute Gasteiger partial charge is 0.491 e. The Balaban J connectivity index is 2.64. The fourth-order valence-corrected chi connectivity index (χ4v) is 2.64. The van der Waals surface area contributed by atoms with Crippen LogP contribution < -0.4 is 4.74 Å². The van der Waals surface area contributed by atoms with E-state index in [1.807, 2.05) is 6.07 Å². The Kier molecular flexibility index (Phi) is 13.0. The third-order valence-corrected chi connectivity index (χ3v) is 4.31. The molecule has 0 aliphatic rings. The van der Waals surface area contributed by atoms with Gasteiger partial charge in [-0.15, -0.1) is 0 Å². The molecule has 0 fully saturated rings. The van der Waals surface area contributed by atoms with Crippen molar-refractivity contribution >= 4 is 5.57 Å². The number of ether oxygens (including phenoxy) is 3. The van der Waals surface area contributed by atoms with Crippen LogP contribution in [0.2, 0.25) is 0 Å². The van der Waals surface area contributed by atoms with Gasteiger partial charge in [-0.1, -0.05) is 49.8 Å². The second-order valence-electron chi connectivity index (χ2n) is 6.48. The molecular formula is C24H35FO3. The molecule has 28 heavy (non-hydrogen) atoms. The molecular weight excluding hydrogens is 355 g/mol. The first-order chi connectivity index (χ1) is 13.6. The van der Waals surface area contributed by atoms with E-state index in [1.165, 1.54) is 22.3 Å². The van der Waals surface area contributed by atoms with Gasteiger partial charge in [0.1, 0.15) is 19.0 Å². The van der Waals surface area contributed by atoms with Crippen LogP contribution in [0.25, 0.3) is 5.57 Å². The third kappa shape index (κ3) is 9.34. The molecule has 1 aromatic rings. The van der Waals surface area contributed by atoms with E-state index in [0.717, 1.165) is 18.6 Å². The lowest BCUT2D eigenvalue weighted by atomic mass is 9.95. The number of benzene rings is 1. The lowest BCUT2D eigenvalue weighted by Gasteiger charge is -2.13. The van der Waals surface area contributed by atoms with E-state index < -0.39 is 6.67 Å². The zero-order chi connectivity index (χ0) is 20.6. The molecule has 0 spiro atoms. The minimum Gasteiger partial charge on any atom is -0.491 e. The van der Waals surface area contributed by atoms with E-state index >= 15 is 0 Å². The summed E-state index contributed by atoms with van der Waals surface area (Å²) >= 11 is 0. The van der Waals surface area contributed by atoms with E-state index in [2.05, 4.69) is 64.1 Å². The van der Waals surface area contributed by atoms with Gasteiger partial charge in [-0.3, -0.25) is 0 Å². The van der Waals surface area contributed by atoms with Gasteiger partial charge < -0.3 is 14.2 Å². The van der Waals surface area contributed by atoms with Crippen molar-refractivity contribution < 1.29 is 18.6 Å². The Hall–Kier alpha value is -1.91. The number of halogens is 1. The molecule has 0 bridgehead atoms. The van der Waals surface area contributed by atoms with Crippen LogP contribution in [0.3, 0.4) is 0 Å². The molecule has 0 atom stereocenters. The van der Waals surface area contributed by atoms with Gasteiger partial charge in [0.2, 0.25) is 0 Å². The van der Waals surface area contributed by atoms with Crippen LogP contribution >= 0.6 is 0 Å². The smallest absolute Gasteiger partial charge is 0.119 e. The summed E-state index contributed by atoms with van der Waals surface area (Å²) in [7, 11) is 0. The summed E-state index contributed by atoms with van der Waals surface area (Å²) in [5, 5.41) is 0. The van der Waals surface area contributed by atoms with Crippen LogP contribution in [-0.4, -0.2) is 39.7 Å². The Morgan fingerprint density at radius 2 is 1.71 bits per heavy atom. The Bertz CT molecular complexity index is 647. The summed E-state index contributed by atoms with van der Waals surface area (Å²) in [4.78, 5) is 0. The number of hydrogen-bond donors (Lipinski definition) is 0. The van der Waals surface area contributed by atoms with Crippen LogP contribution in [0, 0.1) is 6.92 Å². The molecule has 0 radical (unpaired) electrons. The van der Waals surface area contributed by atoms with Crippen LogP contribution in [-0.2, 0) is 9.47 Å². The maximum atomic E-state index is 11.9. The number of rotatable bonds is 14. The van der Waals surface area contributed by atoms with Gasteiger partial charge in [-0.25, -0.2) is 4.39 Å². The third-order valence-electron chi connectivity index (χ3n) is 4.31. The molecule has 0 heterocycles. The van der Waals surface area contributed by atoms with Crippen molar-refractivity contribution in [1.82, 2.24) is 0 Å². The van der Waals surface area contributed by atoms with Crippen molar-refractivity contribution in [2.24, 2.45) is 0 Å². The Morgan fingerprint density at radius 1 is 1.00 bits per heavy atom. The summed E-state index contributed by atoms with van der Waals surface area (Å²) in [6.45, 7) is 10.1. The standard InChI is InChI=1S/C24H35FO3/c1-5-7-8-9-10-23(20(3)6-2)24-12-11-22(19-21(24)4)28-18-17-27-16-15-26-14-13-25/h7-12,19H,5-6,13-18H2,1-4H3/b8-7-,10-9-,23-20-. The van der Waals surface area contributed by atoms with Gasteiger partial charge in [0.05, 0.1) is 26.4 Å². The summed E-state index contributed by atoms with van der Waals surface area (Å²) < 4.78 is 28.1. The monoisotopic (exact) mass is 390 g/mol. The van der Waals surface area contributed by atoms with Crippen LogP contribution in [0.15, 0.2) is 48.1 Å². The Morgan fingerprint density at radius 3 is 2.36 bits per heavy atom. The second kappa shape index (κ2) is 15.1. The van der Waals surface area contributed by atoms with Gasteiger partial charge in [0.15, 0.2) is 0 Å². The van der Waals surface area contributed by atoms with Gasteiger partial charge in [-0.2, -0.15) is 0 Å². The fraction of sp³-hybridized carbons (Fsp3) is 0.500. The minimum atomic E-state index is -0.460. The van der Waals surface area contributed by atoms with E-state index in [9.17, 15) is 4.39 Å². The van der Waals surface area contributed by atoms with Crippen molar-refractivity contribution in [1.29, 1.82) is 0 Å². The van der Waals surface area contributed by atoms with E-state index in [-0.39, 0.29) is 6.61 Å². The molecule has 3 nitrogen and oxygen atoms in total. The van der Waals surface area contributed by atoms with Crippen LogP contribution in [0.1, 0.15) is 44.7 Å². The normalized spacial score (nSPS) is 12.8. The fourth-order valence-electron chi connectivity index (χ4n) is 2.64. The molecule has 0 saturated heterocycles. The summed E-state index contributed by atoms with van der Waals surface area (Å²) in [6.07, 6.45) is 10.6. The van der Waals surface area contributed by atoms with E-state index in [4.69, 9.17) is 14.2 Å². The van der Waals surface area contributed by atoms with E-state index in [1.54, 1.807) is 0 Å². The van der Waals surface area contributed by atoms with Gasteiger partial charge in [0, 0.05) is 0 Å². The first-order valence-electron chi connectivity index (χ1n) is 10.1. The van der Waals surface area contributed by atoms with Crippen molar-refractivity contribution in [2.75, 3.05) is 39.7 Å². The van der Waals surface area contributed by atoms with Crippen molar-refractivity contribution in [2.45, 2.75) is 40.5 Å². The quantitative estimate of drug-likeness (QED) is 0.284. The molecule has 0 saturated carbocycles. The van der Waals surface area contributed by atoms with Gasteiger partial charge in [0.25, 0.3) is 0 Å². The topological polar surface area (TPSA) is 27.7 Å². The summed E-state index contributed by atoms with van der Waals surface area (Å²) in [5.74, 6) is 0.835. The highest BCUT2D eigenvalue weighted by Crippen LogP contribution is 2.28. The highest BCUT2D eigenvalue weighted by Gasteiger charge is 2.07. The lowest BCUT2D eigenvalue weighted by molar-refractivity contribution is 0.0325. The maximum absolute atomic E-state index is 11.9. The van der Waals surface area contributed by atoms with Crippen molar-refractivity contribution in [3.05, 3.63) is 59.2 Å². The number of alkyl halides is 1. The summed E-state index contributed by atoms with van der Waals surface area (Å²) in [5.41, 5.74) is 5.05. The predicted molar refractivity (Wildman–Crippen MR) is 116 cm³/mol. The number of aryl methyl sites for hydroxylation is 1. The molecule has 4 heteroatoms. The molecule has 0 N–H and O–H groups in total. The second-order valence-corrected chi connectivity index (χ2v) is 6.48. The average molecular weight is 391 g/mol. The highest BCUT2D eigenvalue weighted by molar-refractivity contribution is 5.78. The van der Waals surface area contributed by atoms with Crippen molar-refractivity contribution in [3.8, 4) is 5.75 Å². The molecule has 1 rings (SSSR count). The molecule has 0 unspecified atom stereocenters. The molecule has 156 valence electrons. The summed E-state index contributed by atoms with van der Waals surface area (Å²) in [6, 6.07) is 6.20. The first kappa shape index (κ1) is 24.1. The zero-order valence-electron chi connectivity index (χ0n) is 17.8. The molecule has 0 aromatic heterocycles. The van der Waals surface area contributed by atoms with E-state index in [0.29, 0.717) is 26.4 Å². The van der Waals surface area contributed by atoms with Crippen LogP contribution in [0.4, 0.5) is 4.39 Å². The highest BCUT2D eigenvalue weighted by atomic mass is 19.1. The molecule has 0 aliphatic heterocycles. The molecule has 0 aliphatic carbocycles. The average Bonchev–Trinajstić information content (AvgIpc) is 2.70. The Labute approximate surface area is 169 Å². The van der Waals surface area contributed by atoms with Gasteiger partial charge >= 0.3 is 0 Å². The molecule has 0 amide bonds. The minimum absolute atomic E-state index is 0.128. The maximum Gasteiger partial charge on any atom is 0.119 e. The molecule has 1 aromatic carbocycles. The van der Waals surface area contributed by atoms with Crippen LogP contribution in [0.5, 0.6) is 5.75 Å². The predicted octanol–water partition coefficient (Wildman–Crippen LogP) is 6.08.